The minimum atomic E-state index is 0.887. The summed E-state index contributed by atoms with van der Waals surface area (Å²) in [6.45, 7) is 1.85. The number of halogens is 1. The van der Waals surface area contributed by atoms with Gasteiger partial charge in [-0.25, -0.2) is 0 Å². The molecule has 0 bridgehead atoms. The summed E-state index contributed by atoms with van der Waals surface area (Å²) in [5, 5.41) is 3.28. The zero-order valence-electron chi connectivity index (χ0n) is 7.20. The lowest BCUT2D eigenvalue weighted by molar-refractivity contribution is 0.722. The number of anilines is 1. The van der Waals surface area contributed by atoms with Crippen LogP contribution in [-0.4, -0.2) is 13.2 Å². The topological polar surface area (TPSA) is 15.3 Å². The van der Waals surface area contributed by atoms with Crippen molar-refractivity contribution in [3.63, 3.8) is 0 Å². The number of benzene rings is 1. The van der Waals surface area contributed by atoms with Crippen molar-refractivity contribution in [2.75, 3.05) is 18.1 Å². The molecule has 1 heterocycles. The van der Waals surface area contributed by atoms with Gasteiger partial charge in [0.05, 0.1) is 6.67 Å². The summed E-state index contributed by atoms with van der Waals surface area (Å²) >= 11 is 3.42. The van der Waals surface area contributed by atoms with E-state index in [0.717, 1.165) is 17.7 Å². The van der Waals surface area contributed by atoms with Gasteiger partial charge in [0.25, 0.3) is 0 Å². The van der Waals surface area contributed by atoms with Crippen molar-refractivity contribution in [1.82, 2.24) is 5.32 Å². The molecule has 68 valence electrons. The molecule has 1 aliphatic rings. The van der Waals surface area contributed by atoms with Crippen LogP contribution in [0.2, 0.25) is 0 Å². The first kappa shape index (κ1) is 8.78. The molecule has 0 saturated heterocycles. The summed E-state index contributed by atoms with van der Waals surface area (Å²) in [5.41, 5.74) is 1.21. The molecule has 1 aromatic rings. The SMILES string of the molecule is Brc1ccc(N2C=CCNC2)cc1. The fourth-order valence-electron chi connectivity index (χ4n) is 1.31. The molecule has 0 spiro atoms. The molecule has 13 heavy (non-hydrogen) atoms. The molecule has 0 radical (unpaired) electrons. The lowest BCUT2D eigenvalue weighted by Crippen LogP contribution is -2.34. The molecule has 3 heteroatoms. The Balaban J connectivity index is 2.19. The van der Waals surface area contributed by atoms with E-state index in [0.29, 0.717) is 0 Å². The van der Waals surface area contributed by atoms with Gasteiger partial charge in [0.2, 0.25) is 0 Å². The summed E-state index contributed by atoms with van der Waals surface area (Å²) in [6.07, 6.45) is 4.23. The van der Waals surface area contributed by atoms with Gasteiger partial charge >= 0.3 is 0 Å². The lowest BCUT2D eigenvalue weighted by Gasteiger charge is -2.24. The Hall–Kier alpha value is -0.800. The number of nitrogens with zero attached hydrogens (tertiary/aromatic N) is 1. The Bertz CT molecular complexity index is 305. The summed E-state index contributed by atoms with van der Waals surface area (Å²) in [4.78, 5) is 2.18. The van der Waals surface area contributed by atoms with Crippen molar-refractivity contribution in [2.45, 2.75) is 0 Å². The monoisotopic (exact) mass is 238 g/mol. The highest BCUT2D eigenvalue weighted by atomic mass is 79.9. The lowest BCUT2D eigenvalue weighted by atomic mass is 10.3. The minimum absolute atomic E-state index is 0.887. The highest BCUT2D eigenvalue weighted by Gasteiger charge is 2.04. The number of hydrogen-bond acceptors (Lipinski definition) is 2. The Labute approximate surface area is 86.4 Å². The average Bonchev–Trinajstić information content (AvgIpc) is 2.20. The summed E-state index contributed by atoms with van der Waals surface area (Å²) in [5.74, 6) is 0. The molecule has 1 N–H and O–H groups in total. The number of rotatable bonds is 1. The fourth-order valence-corrected chi connectivity index (χ4v) is 1.58. The summed E-state index contributed by atoms with van der Waals surface area (Å²) < 4.78 is 1.12. The van der Waals surface area contributed by atoms with Crippen molar-refractivity contribution in [3.05, 3.63) is 41.0 Å². The first-order valence-electron chi connectivity index (χ1n) is 4.26. The standard InChI is InChI=1S/C10H11BrN2/c11-9-2-4-10(5-3-9)13-7-1-6-12-8-13/h1-5,7,12H,6,8H2. The molecular weight excluding hydrogens is 228 g/mol. The molecule has 0 aromatic heterocycles. The van der Waals surface area contributed by atoms with E-state index in [-0.39, 0.29) is 0 Å². The van der Waals surface area contributed by atoms with E-state index in [1.54, 1.807) is 0 Å². The molecule has 0 aliphatic carbocycles. The molecule has 1 aliphatic heterocycles. The predicted molar refractivity (Wildman–Crippen MR) is 58.6 cm³/mol. The fraction of sp³-hybridized carbons (Fsp3) is 0.200. The average molecular weight is 239 g/mol. The van der Waals surface area contributed by atoms with E-state index in [2.05, 4.69) is 62.7 Å². The maximum atomic E-state index is 3.42. The summed E-state index contributed by atoms with van der Waals surface area (Å²) in [6, 6.07) is 8.30. The van der Waals surface area contributed by atoms with E-state index >= 15 is 0 Å². The largest absolute Gasteiger partial charge is 0.335 e. The molecule has 0 amide bonds. The van der Waals surface area contributed by atoms with E-state index in [9.17, 15) is 0 Å². The van der Waals surface area contributed by atoms with Crippen molar-refractivity contribution >= 4 is 21.6 Å². The van der Waals surface area contributed by atoms with Crippen LogP contribution < -0.4 is 10.2 Å². The molecule has 0 atom stereocenters. The Morgan fingerprint density at radius 2 is 2.00 bits per heavy atom. The van der Waals surface area contributed by atoms with Crippen LogP contribution >= 0.6 is 15.9 Å². The van der Waals surface area contributed by atoms with E-state index in [1.165, 1.54) is 5.69 Å². The third kappa shape index (κ3) is 2.11. The van der Waals surface area contributed by atoms with Gasteiger partial charge < -0.3 is 4.90 Å². The quantitative estimate of drug-likeness (QED) is 0.809. The Kier molecular flexibility index (Phi) is 2.66. The van der Waals surface area contributed by atoms with Gasteiger partial charge in [-0.1, -0.05) is 22.0 Å². The van der Waals surface area contributed by atoms with Crippen molar-refractivity contribution in [2.24, 2.45) is 0 Å². The molecular formula is C10H11BrN2. The van der Waals surface area contributed by atoms with Crippen molar-refractivity contribution in [3.8, 4) is 0 Å². The van der Waals surface area contributed by atoms with Gasteiger partial charge in [0, 0.05) is 22.9 Å². The predicted octanol–water partition coefficient (Wildman–Crippen LogP) is 2.33. The van der Waals surface area contributed by atoms with Crippen molar-refractivity contribution < 1.29 is 0 Å². The van der Waals surface area contributed by atoms with Gasteiger partial charge in [-0.2, -0.15) is 0 Å². The third-order valence-electron chi connectivity index (χ3n) is 1.99. The number of nitrogens with one attached hydrogen (secondary N) is 1. The van der Waals surface area contributed by atoms with Gasteiger partial charge in [0.15, 0.2) is 0 Å². The van der Waals surface area contributed by atoms with Crippen LogP contribution in [-0.2, 0) is 0 Å². The van der Waals surface area contributed by atoms with Gasteiger partial charge in [-0.05, 0) is 24.3 Å². The van der Waals surface area contributed by atoms with Crippen LogP contribution in [0.3, 0.4) is 0 Å². The second-order valence-corrected chi connectivity index (χ2v) is 3.86. The maximum absolute atomic E-state index is 3.42. The first-order chi connectivity index (χ1) is 6.36. The molecule has 1 aromatic carbocycles. The van der Waals surface area contributed by atoms with Crippen LogP contribution in [0.25, 0.3) is 0 Å². The van der Waals surface area contributed by atoms with E-state index in [4.69, 9.17) is 0 Å². The molecule has 2 nitrogen and oxygen atoms in total. The molecule has 0 fully saturated rings. The highest BCUT2D eigenvalue weighted by Crippen LogP contribution is 2.18. The van der Waals surface area contributed by atoms with Gasteiger partial charge in [0.1, 0.15) is 0 Å². The van der Waals surface area contributed by atoms with Crippen LogP contribution in [0.5, 0.6) is 0 Å². The second-order valence-electron chi connectivity index (χ2n) is 2.94. The Morgan fingerprint density at radius 1 is 1.23 bits per heavy atom. The normalized spacial score (nSPS) is 16.2. The van der Waals surface area contributed by atoms with Gasteiger partial charge in [-0.3, -0.25) is 5.32 Å². The smallest absolute Gasteiger partial charge is 0.0728 e. The zero-order valence-corrected chi connectivity index (χ0v) is 8.79. The zero-order chi connectivity index (χ0) is 9.10. The van der Waals surface area contributed by atoms with Crippen LogP contribution in [0.4, 0.5) is 5.69 Å². The molecule has 0 unspecified atom stereocenters. The van der Waals surface area contributed by atoms with Crippen LogP contribution in [0.1, 0.15) is 0 Å². The second kappa shape index (κ2) is 3.94. The summed E-state index contributed by atoms with van der Waals surface area (Å²) in [7, 11) is 0. The minimum Gasteiger partial charge on any atom is -0.335 e. The third-order valence-corrected chi connectivity index (χ3v) is 2.52. The van der Waals surface area contributed by atoms with Crippen LogP contribution in [0.15, 0.2) is 41.0 Å². The molecule has 2 rings (SSSR count). The van der Waals surface area contributed by atoms with Gasteiger partial charge in [-0.15, -0.1) is 0 Å². The molecule has 0 saturated carbocycles. The first-order valence-corrected chi connectivity index (χ1v) is 5.05. The van der Waals surface area contributed by atoms with Crippen molar-refractivity contribution in [1.29, 1.82) is 0 Å². The Morgan fingerprint density at radius 3 is 2.62 bits per heavy atom. The number of hydrogen-bond donors (Lipinski definition) is 1. The maximum Gasteiger partial charge on any atom is 0.0728 e. The van der Waals surface area contributed by atoms with E-state index < -0.39 is 0 Å². The van der Waals surface area contributed by atoms with Crippen LogP contribution in [0, 0.1) is 0 Å². The van der Waals surface area contributed by atoms with E-state index in [1.807, 2.05) is 0 Å². The highest BCUT2D eigenvalue weighted by molar-refractivity contribution is 9.10.